The molecule has 8 heteroatoms. The number of anilines is 3. The molecule has 1 aromatic carbocycles. The first kappa shape index (κ1) is 15.2. The molecule has 0 atom stereocenters. The van der Waals surface area contributed by atoms with Gasteiger partial charge in [-0.05, 0) is 30.3 Å². The maximum atomic E-state index is 11.9. The van der Waals surface area contributed by atoms with Crippen molar-refractivity contribution in [3.63, 3.8) is 0 Å². The Hall–Kier alpha value is -2.71. The lowest BCUT2D eigenvalue weighted by atomic mass is 10.2. The first-order valence-electron chi connectivity index (χ1n) is 7.03. The number of hydrogen-bond acceptors (Lipinski definition) is 7. The number of nitrogens with one attached hydrogen (secondary N) is 2. The van der Waals surface area contributed by atoms with Crippen LogP contribution in [0.5, 0.6) is 0 Å². The fourth-order valence-corrected chi connectivity index (χ4v) is 2.95. The second-order valence-electron chi connectivity index (χ2n) is 4.85. The molecule has 6 N–H and O–H groups in total. The van der Waals surface area contributed by atoms with Gasteiger partial charge in [-0.2, -0.15) is 0 Å². The molecule has 3 rings (SSSR count). The molecule has 0 spiro atoms. The Morgan fingerprint density at radius 3 is 2.96 bits per heavy atom. The fraction of sp³-hybridized carbons (Fsp3) is 0.133. The van der Waals surface area contributed by atoms with E-state index in [1.807, 2.05) is 18.2 Å². The number of thiazole rings is 1. The molecule has 0 aliphatic rings. The molecule has 7 nitrogen and oxygen atoms in total. The molecule has 0 aliphatic heterocycles. The number of nitrogens with two attached hydrogens (primary N) is 2. The number of aromatic nitrogens is 2. The minimum Gasteiger partial charge on any atom is -0.399 e. The fourth-order valence-electron chi connectivity index (χ4n) is 2.03. The van der Waals surface area contributed by atoms with Crippen LogP contribution in [0.4, 0.5) is 16.6 Å². The van der Waals surface area contributed by atoms with E-state index in [-0.39, 0.29) is 5.91 Å². The van der Waals surface area contributed by atoms with Gasteiger partial charge in [-0.3, -0.25) is 4.79 Å². The number of carbonyl (C=O) groups is 1. The Labute approximate surface area is 136 Å². The summed E-state index contributed by atoms with van der Waals surface area (Å²) in [5.74, 6) is 0.371. The molecule has 0 radical (unpaired) electrons. The lowest BCUT2D eigenvalue weighted by Gasteiger charge is -2.05. The van der Waals surface area contributed by atoms with Gasteiger partial charge in [0, 0.05) is 30.5 Å². The zero-order valence-electron chi connectivity index (χ0n) is 12.2. The van der Waals surface area contributed by atoms with Crippen LogP contribution in [0.15, 0.2) is 36.5 Å². The van der Waals surface area contributed by atoms with Gasteiger partial charge in [0.2, 0.25) is 0 Å². The maximum absolute atomic E-state index is 11.9. The molecule has 3 aromatic rings. The quantitative estimate of drug-likeness (QED) is 0.529. The van der Waals surface area contributed by atoms with Crippen LogP contribution in [0, 0.1) is 0 Å². The molecule has 23 heavy (non-hydrogen) atoms. The minimum absolute atomic E-state index is 0.182. The van der Waals surface area contributed by atoms with E-state index in [0.29, 0.717) is 35.3 Å². The molecule has 0 aliphatic carbocycles. The van der Waals surface area contributed by atoms with Crippen LogP contribution >= 0.6 is 11.3 Å². The predicted octanol–water partition coefficient (Wildman–Crippen LogP) is 1.71. The first-order chi connectivity index (χ1) is 11.2. The number of amides is 1. The summed E-state index contributed by atoms with van der Waals surface area (Å²) in [7, 11) is 0. The van der Waals surface area contributed by atoms with Gasteiger partial charge in [-0.25, -0.2) is 9.97 Å². The highest BCUT2D eigenvalue weighted by Gasteiger charge is 2.08. The number of hydrogen-bond donors (Lipinski definition) is 4. The molecule has 118 valence electrons. The lowest BCUT2D eigenvalue weighted by molar-refractivity contribution is 0.0954. The summed E-state index contributed by atoms with van der Waals surface area (Å²) in [4.78, 5) is 20.6. The van der Waals surface area contributed by atoms with Crippen LogP contribution in [0.1, 0.15) is 10.4 Å². The highest BCUT2D eigenvalue weighted by molar-refractivity contribution is 7.22. The van der Waals surface area contributed by atoms with E-state index >= 15 is 0 Å². The summed E-state index contributed by atoms with van der Waals surface area (Å²) in [5.41, 5.74) is 13.2. The third-order valence-corrected chi connectivity index (χ3v) is 4.03. The second kappa shape index (κ2) is 6.59. The SMILES string of the molecule is NCCNC(=O)c1ccnc(Nc2nc3ccc(N)cc3s2)c1. The van der Waals surface area contributed by atoms with Gasteiger partial charge in [0.05, 0.1) is 10.2 Å². The summed E-state index contributed by atoms with van der Waals surface area (Å²) in [6.45, 7) is 0.833. The normalized spacial score (nSPS) is 10.7. The largest absolute Gasteiger partial charge is 0.399 e. The molecule has 2 heterocycles. The second-order valence-corrected chi connectivity index (χ2v) is 5.88. The summed E-state index contributed by atoms with van der Waals surface area (Å²) >= 11 is 1.48. The van der Waals surface area contributed by atoms with E-state index in [4.69, 9.17) is 11.5 Å². The summed E-state index contributed by atoms with van der Waals surface area (Å²) in [6.07, 6.45) is 1.57. The van der Waals surface area contributed by atoms with Crippen LogP contribution in [-0.2, 0) is 0 Å². The third kappa shape index (κ3) is 3.55. The van der Waals surface area contributed by atoms with Crippen molar-refractivity contribution in [2.24, 2.45) is 5.73 Å². The molecule has 2 aromatic heterocycles. The van der Waals surface area contributed by atoms with Gasteiger partial charge in [0.15, 0.2) is 5.13 Å². The average Bonchev–Trinajstić information content (AvgIpc) is 2.94. The third-order valence-electron chi connectivity index (χ3n) is 3.10. The van der Waals surface area contributed by atoms with E-state index in [1.54, 1.807) is 18.3 Å². The van der Waals surface area contributed by atoms with Crippen molar-refractivity contribution in [3.05, 3.63) is 42.1 Å². The summed E-state index contributed by atoms with van der Waals surface area (Å²) in [6, 6.07) is 8.88. The highest BCUT2D eigenvalue weighted by atomic mass is 32.1. The van der Waals surface area contributed by atoms with Crippen molar-refractivity contribution < 1.29 is 4.79 Å². The van der Waals surface area contributed by atoms with Crippen LogP contribution in [0.25, 0.3) is 10.2 Å². The summed E-state index contributed by atoms with van der Waals surface area (Å²) < 4.78 is 0.990. The van der Waals surface area contributed by atoms with Crippen LogP contribution < -0.4 is 22.1 Å². The van der Waals surface area contributed by atoms with Crippen molar-refractivity contribution >= 4 is 44.1 Å². The number of rotatable bonds is 5. The summed E-state index contributed by atoms with van der Waals surface area (Å²) in [5, 5.41) is 6.53. The van der Waals surface area contributed by atoms with Crippen LogP contribution in [0.3, 0.4) is 0 Å². The number of benzene rings is 1. The number of fused-ring (bicyclic) bond motifs is 1. The van der Waals surface area contributed by atoms with Crippen LogP contribution in [0.2, 0.25) is 0 Å². The molecular weight excluding hydrogens is 312 g/mol. The van der Waals surface area contributed by atoms with Crippen LogP contribution in [-0.4, -0.2) is 29.0 Å². The van der Waals surface area contributed by atoms with E-state index in [1.165, 1.54) is 11.3 Å². The zero-order chi connectivity index (χ0) is 16.2. The average molecular weight is 328 g/mol. The maximum Gasteiger partial charge on any atom is 0.251 e. The molecule has 0 unspecified atom stereocenters. The minimum atomic E-state index is -0.182. The van der Waals surface area contributed by atoms with Crippen molar-refractivity contribution in [1.29, 1.82) is 0 Å². The first-order valence-corrected chi connectivity index (χ1v) is 7.85. The Bertz CT molecular complexity index is 847. The Kier molecular flexibility index (Phi) is 4.35. The molecule has 0 saturated carbocycles. The van der Waals surface area contributed by atoms with E-state index in [0.717, 1.165) is 10.2 Å². The van der Waals surface area contributed by atoms with Crippen molar-refractivity contribution in [2.45, 2.75) is 0 Å². The van der Waals surface area contributed by atoms with E-state index in [2.05, 4.69) is 20.6 Å². The van der Waals surface area contributed by atoms with Crippen molar-refractivity contribution in [1.82, 2.24) is 15.3 Å². The molecule has 0 bridgehead atoms. The predicted molar refractivity (Wildman–Crippen MR) is 92.9 cm³/mol. The number of pyridine rings is 1. The molecule has 1 amide bonds. The molecule has 0 saturated heterocycles. The molecule has 0 fully saturated rings. The number of nitrogens with zero attached hydrogens (tertiary/aromatic N) is 2. The van der Waals surface area contributed by atoms with Gasteiger partial charge >= 0.3 is 0 Å². The number of nitrogen functional groups attached to an aromatic ring is 1. The van der Waals surface area contributed by atoms with Gasteiger partial charge in [-0.1, -0.05) is 11.3 Å². The van der Waals surface area contributed by atoms with Gasteiger partial charge in [-0.15, -0.1) is 0 Å². The highest BCUT2D eigenvalue weighted by Crippen LogP contribution is 2.29. The van der Waals surface area contributed by atoms with Gasteiger partial charge in [0.25, 0.3) is 5.91 Å². The van der Waals surface area contributed by atoms with Gasteiger partial charge in [0.1, 0.15) is 5.82 Å². The zero-order valence-corrected chi connectivity index (χ0v) is 13.1. The topological polar surface area (TPSA) is 119 Å². The Morgan fingerprint density at radius 1 is 1.26 bits per heavy atom. The Balaban J connectivity index is 1.80. The van der Waals surface area contributed by atoms with E-state index in [9.17, 15) is 4.79 Å². The van der Waals surface area contributed by atoms with E-state index < -0.39 is 0 Å². The number of carbonyl (C=O) groups excluding carboxylic acids is 1. The lowest BCUT2D eigenvalue weighted by Crippen LogP contribution is -2.29. The standard InChI is InChI=1S/C15H16N6OS/c16-4-6-19-14(22)9-3-5-18-13(7-9)21-15-20-11-2-1-10(17)8-12(11)23-15/h1-3,5,7-8H,4,6,16-17H2,(H,19,22)(H,18,20,21). The monoisotopic (exact) mass is 328 g/mol. The van der Waals surface area contributed by atoms with Gasteiger partial charge < -0.3 is 22.1 Å². The smallest absolute Gasteiger partial charge is 0.251 e. The van der Waals surface area contributed by atoms with Crippen molar-refractivity contribution in [3.8, 4) is 0 Å². The Morgan fingerprint density at radius 2 is 2.13 bits per heavy atom. The van der Waals surface area contributed by atoms with Crippen molar-refractivity contribution in [2.75, 3.05) is 24.1 Å². The molecular formula is C15H16N6OS.